The molecule has 0 fully saturated rings. The Bertz CT molecular complexity index is 973. The van der Waals surface area contributed by atoms with Crippen molar-refractivity contribution in [3.63, 3.8) is 0 Å². The minimum atomic E-state index is -0.739. The second-order valence-corrected chi connectivity index (χ2v) is 6.22. The first-order chi connectivity index (χ1) is 13.9. The van der Waals surface area contributed by atoms with Gasteiger partial charge in [0.15, 0.2) is 5.75 Å². The number of para-hydroxylation sites is 2. The Kier molecular flexibility index (Phi) is 5.77. The number of urea groups is 1. The molecule has 0 saturated heterocycles. The minimum absolute atomic E-state index is 0.0323. The van der Waals surface area contributed by atoms with Crippen LogP contribution in [-0.2, 0) is 9.53 Å². The highest BCUT2D eigenvalue weighted by molar-refractivity contribution is 5.95. The minimum Gasteiger partial charge on any atom is -0.480 e. The molecule has 2 amide bonds. The molecule has 1 N–H and O–H groups in total. The van der Waals surface area contributed by atoms with E-state index in [1.54, 1.807) is 30.3 Å². The summed E-state index contributed by atoms with van der Waals surface area (Å²) < 4.78 is 10.6. The number of ether oxygens (including phenoxy) is 2. The number of methoxy groups -OCH3 is 1. The fourth-order valence-electron chi connectivity index (χ4n) is 3.05. The van der Waals surface area contributed by atoms with E-state index in [0.717, 1.165) is 0 Å². The molecule has 3 rings (SSSR count). The Morgan fingerprint density at radius 1 is 1.17 bits per heavy atom. The summed E-state index contributed by atoms with van der Waals surface area (Å²) in [5.41, 5.74) is 0.930. The first-order valence-electron chi connectivity index (χ1n) is 8.70. The van der Waals surface area contributed by atoms with Crippen molar-refractivity contribution in [2.45, 2.75) is 6.04 Å². The molecule has 0 aliphatic carbocycles. The number of hydrogen-bond acceptors (Lipinski definition) is 6. The summed E-state index contributed by atoms with van der Waals surface area (Å²) in [5, 5.41) is 14.0. The van der Waals surface area contributed by atoms with Gasteiger partial charge in [-0.15, -0.1) is 0 Å². The lowest BCUT2D eigenvalue weighted by Crippen LogP contribution is -2.48. The first kappa shape index (κ1) is 19.9. The van der Waals surface area contributed by atoms with Gasteiger partial charge >= 0.3 is 17.7 Å². The lowest BCUT2D eigenvalue weighted by molar-refractivity contribution is -0.385. The number of likely N-dealkylation sites (N-methyl/N-ethyl adjacent to an activating group) is 1. The second-order valence-electron chi connectivity index (χ2n) is 6.22. The number of carbonyl (C=O) groups excluding carboxylic acids is 2. The fourth-order valence-corrected chi connectivity index (χ4v) is 3.05. The van der Waals surface area contributed by atoms with Crippen molar-refractivity contribution in [1.82, 2.24) is 10.2 Å². The van der Waals surface area contributed by atoms with Crippen molar-refractivity contribution in [1.29, 1.82) is 0 Å². The summed E-state index contributed by atoms with van der Waals surface area (Å²) in [6, 6.07) is 13.7. The van der Waals surface area contributed by atoms with Gasteiger partial charge in [0.2, 0.25) is 0 Å². The van der Waals surface area contributed by atoms with E-state index in [-0.39, 0.29) is 29.3 Å². The van der Waals surface area contributed by atoms with Gasteiger partial charge in [-0.3, -0.25) is 15.0 Å². The molecule has 1 heterocycles. The van der Waals surface area contributed by atoms with Gasteiger partial charge in [-0.25, -0.2) is 9.59 Å². The Morgan fingerprint density at radius 2 is 1.83 bits per heavy atom. The van der Waals surface area contributed by atoms with Crippen LogP contribution in [0.4, 0.5) is 10.5 Å². The zero-order chi connectivity index (χ0) is 21.0. The molecule has 1 unspecified atom stereocenters. The molecule has 2 aromatic carbocycles. The van der Waals surface area contributed by atoms with Crippen LogP contribution in [0.15, 0.2) is 65.9 Å². The predicted octanol–water partition coefficient (Wildman–Crippen LogP) is 2.80. The van der Waals surface area contributed by atoms with Gasteiger partial charge in [0.25, 0.3) is 0 Å². The maximum atomic E-state index is 12.6. The van der Waals surface area contributed by atoms with Crippen LogP contribution in [0.25, 0.3) is 0 Å². The van der Waals surface area contributed by atoms with E-state index in [2.05, 4.69) is 5.32 Å². The van der Waals surface area contributed by atoms with Crippen LogP contribution in [0.1, 0.15) is 11.6 Å². The molecule has 0 saturated carbocycles. The highest BCUT2D eigenvalue weighted by Crippen LogP contribution is 2.32. The monoisotopic (exact) mass is 397 g/mol. The number of nitro benzene ring substituents is 1. The van der Waals surface area contributed by atoms with E-state index in [9.17, 15) is 19.7 Å². The second kappa shape index (κ2) is 8.42. The average Bonchev–Trinajstić information content (AvgIpc) is 2.74. The molecule has 9 nitrogen and oxygen atoms in total. The zero-order valence-corrected chi connectivity index (χ0v) is 15.8. The Hall–Kier alpha value is -3.88. The van der Waals surface area contributed by atoms with Gasteiger partial charge in [0, 0.05) is 13.1 Å². The van der Waals surface area contributed by atoms with Crippen LogP contribution in [0.3, 0.4) is 0 Å². The molecule has 150 valence electrons. The number of esters is 1. The van der Waals surface area contributed by atoms with E-state index in [0.29, 0.717) is 5.56 Å². The largest absolute Gasteiger partial charge is 0.480 e. The number of benzene rings is 2. The molecule has 1 aliphatic heterocycles. The third kappa shape index (κ3) is 4.03. The van der Waals surface area contributed by atoms with Crippen molar-refractivity contribution < 1.29 is 24.0 Å². The highest BCUT2D eigenvalue weighted by atomic mass is 16.6. The number of nitrogens with one attached hydrogen (secondary N) is 1. The number of hydrogen-bond donors (Lipinski definition) is 1. The smallest absolute Gasteiger partial charge is 0.338 e. The first-order valence-corrected chi connectivity index (χ1v) is 8.70. The Labute approximate surface area is 166 Å². The van der Waals surface area contributed by atoms with Crippen molar-refractivity contribution >= 4 is 17.7 Å². The standard InChI is InChI=1S/C20H19N3O6/c1-22-15(12-29-16-11-7-6-10-14(16)23(26)27)17(19(24)28-2)18(21-20(22)25)13-8-4-3-5-9-13/h3-11,18H,12H2,1-2H3,(H,21,25). The van der Waals surface area contributed by atoms with Gasteiger partial charge in [-0.2, -0.15) is 0 Å². The van der Waals surface area contributed by atoms with Crippen LogP contribution in [0.5, 0.6) is 5.75 Å². The summed E-state index contributed by atoms with van der Waals surface area (Å²) in [5.74, 6) is -0.600. The summed E-state index contributed by atoms with van der Waals surface area (Å²) in [7, 11) is 2.73. The predicted molar refractivity (Wildman–Crippen MR) is 103 cm³/mol. The quantitative estimate of drug-likeness (QED) is 0.456. The van der Waals surface area contributed by atoms with Crippen LogP contribution < -0.4 is 10.1 Å². The topological polar surface area (TPSA) is 111 Å². The third-order valence-electron chi connectivity index (χ3n) is 4.54. The maximum Gasteiger partial charge on any atom is 0.338 e. The average molecular weight is 397 g/mol. The van der Waals surface area contributed by atoms with E-state index in [1.165, 1.54) is 37.3 Å². The molecular formula is C20H19N3O6. The number of nitro groups is 1. The molecule has 9 heteroatoms. The highest BCUT2D eigenvalue weighted by Gasteiger charge is 2.37. The lowest BCUT2D eigenvalue weighted by Gasteiger charge is -2.34. The van der Waals surface area contributed by atoms with E-state index < -0.39 is 23.0 Å². The van der Waals surface area contributed by atoms with Crippen molar-refractivity contribution in [2.24, 2.45) is 0 Å². The van der Waals surface area contributed by atoms with E-state index in [1.807, 2.05) is 6.07 Å². The fraction of sp³-hybridized carbons (Fsp3) is 0.200. The van der Waals surface area contributed by atoms with Crippen LogP contribution in [0, 0.1) is 10.1 Å². The summed E-state index contributed by atoms with van der Waals surface area (Å²) >= 11 is 0. The molecular weight excluding hydrogens is 378 g/mol. The molecule has 2 aromatic rings. The third-order valence-corrected chi connectivity index (χ3v) is 4.54. The molecule has 0 spiro atoms. The number of carbonyl (C=O) groups is 2. The van der Waals surface area contributed by atoms with E-state index in [4.69, 9.17) is 9.47 Å². The van der Waals surface area contributed by atoms with Crippen molar-refractivity contribution in [3.05, 3.63) is 81.5 Å². The molecule has 0 aromatic heterocycles. The zero-order valence-electron chi connectivity index (χ0n) is 15.8. The molecule has 29 heavy (non-hydrogen) atoms. The summed E-state index contributed by atoms with van der Waals surface area (Å²) in [4.78, 5) is 37.0. The van der Waals surface area contributed by atoms with Crippen LogP contribution in [-0.4, -0.2) is 42.6 Å². The number of amides is 2. The SMILES string of the molecule is COC(=O)C1=C(COc2ccccc2[N+](=O)[O-])N(C)C(=O)NC1c1ccccc1. The number of nitrogens with zero attached hydrogens (tertiary/aromatic N) is 2. The van der Waals surface area contributed by atoms with Gasteiger partial charge in [-0.1, -0.05) is 42.5 Å². The Balaban J connectivity index is 2.03. The number of rotatable bonds is 6. The Morgan fingerprint density at radius 3 is 2.48 bits per heavy atom. The van der Waals surface area contributed by atoms with Crippen LogP contribution >= 0.6 is 0 Å². The van der Waals surface area contributed by atoms with Gasteiger partial charge in [0.1, 0.15) is 6.61 Å². The summed E-state index contributed by atoms with van der Waals surface area (Å²) in [6.07, 6.45) is 0. The van der Waals surface area contributed by atoms with Crippen molar-refractivity contribution in [3.8, 4) is 5.75 Å². The van der Waals surface area contributed by atoms with Gasteiger partial charge in [-0.05, 0) is 11.6 Å². The normalized spacial score (nSPS) is 16.3. The van der Waals surface area contributed by atoms with Gasteiger partial charge in [0.05, 0.1) is 29.3 Å². The lowest BCUT2D eigenvalue weighted by atomic mass is 9.95. The molecule has 1 aliphatic rings. The van der Waals surface area contributed by atoms with Gasteiger partial charge < -0.3 is 14.8 Å². The van der Waals surface area contributed by atoms with Crippen LogP contribution in [0.2, 0.25) is 0 Å². The molecule has 1 atom stereocenters. The maximum absolute atomic E-state index is 12.6. The summed E-state index contributed by atoms with van der Waals surface area (Å²) in [6.45, 7) is -0.234. The van der Waals surface area contributed by atoms with E-state index >= 15 is 0 Å². The molecule has 0 bridgehead atoms. The van der Waals surface area contributed by atoms with Crippen molar-refractivity contribution in [2.75, 3.05) is 20.8 Å². The molecule has 0 radical (unpaired) electrons.